The van der Waals surface area contributed by atoms with Gasteiger partial charge in [0.15, 0.2) is 0 Å². The minimum Gasteiger partial charge on any atom is -0.494 e. The Morgan fingerprint density at radius 3 is 2.52 bits per heavy atom. The second-order valence-electron chi connectivity index (χ2n) is 5.91. The normalized spacial score (nSPS) is 13.2. The van der Waals surface area contributed by atoms with Crippen molar-refractivity contribution in [3.8, 4) is 5.75 Å². The van der Waals surface area contributed by atoms with Crippen molar-refractivity contribution < 1.29 is 9.53 Å². The summed E-state index contributed by atoms with van der Waals surface area (Å²) in [7, 11) is 0. The van der Waals surface area contributed by atoms with E-state index in [1.807, 2.05) is 25.1 Å². The van der Waals surface area contributed by atoms with Gasteiger partial charge in [-0.25, -0.2) is 4.99 Å². The van der Waals surface area contributed by atoms with E-state index < -0.39 is 0 Å². The summed E-state index contributed by atoms with van der Waals surface area (Å²) >= 11 is 0. The lowest BCUT2D eigenvalue weighted by Crippen LogP contribution is -2.29. The van der Waals surface area contributed by atoms with Crippen LogP contribution in [0.3, 0.4) is 0 Å². The molecule has 1 amide bonds. The van der Waals surface area contributed by atoms with E-state index in [4.69, 9.17) is 4.74 Å². The van der Waals surface area contributed by atoms with Gasteiger partial charge in [0, 0.05) is 29.9 Å². The number of nitrogens with one attached hydrogen (secondary N) is 1. The van der Waals surface area contributed by atoms with Gasteiger partial charge in [0.25, 0.3) is 5.91 Å². The zero-order chi connectivity index (χ0) is 17.8. The summed E-state index contributed by atoms with van der Waals surface area (Å²) in [5.74, 6) is 1.36. The zero-order valence-electron chi connectivity index (χ0n) is 14.7. The standard InChI is InChI=1S/C20H21N3O2/c1-4-25-16-11-13(2)19(14(3)12-16)17-5-6-18(22-17)23-20(24)15-7-9-21-10-8-15/h5,7-12H,4,6H2,1-3H3,(H,22,23,24). The molecule has 2 aromatic rings. The molecule has 1 N–H and O–H groups in total. The van der Waals surface area contributed by atoms with Gasteiger partial charge in [0.1, 0.15) is 11.6 Å². The first-order valence-electron chi connectivity index (χ1n) is 8.32. The Balaban J connectivity index is 1.78. The van der Waals surface area contributed by atoms with Crippen LogP contribution in [-0.2, 0) is 0 Å². The van der Waals surface area contributed by atoms with Crippen molar-refractivity contribution in [1.82, 2.24) is 10.3 Å². The first-order valence-corrected chi connectivity index (χ1v) is 8.32. The van der Waals surface area contributed by atoms with Crippen molar-refractivity contribution in [3.05, 3.63) is 65.0 Å². The summed E-state index contributed by atoms with van der Waals surface area (Å²) < 4.78 is 5.59. The Labute approximate surface area is 147 Å². The van der Waals surface area contributed by atoms with Crippen LogP contribution in [0, 0.1) is 13.8 Å². The maximum Gasteiger partial charge on any atom is 0.256 e. The number of carbonyl (C=O) groups is 1. The van der Waals surface area contributed by atoms with Crippen LogP contribution in [0.1, 0.15) is 40.4 Å². The zero-order valence-corrected chi connectivity index (χ0v) is 14.7. The molecule has 2 heterocycles. The molecule has 1 aliphatic heterocycles. The van der Waals surface area contributed by atoms with E-state index in [9.17, 15) is 4.79 Å². The molecule has 5 nitrogen and oxygen atoms in total. The van der Waals surface area contributed by atoms with Gasteiger partial charge in [-0.3, -0.25) is 9.78 Å². The quantitative estimate of drug-likeness (QED) is 0.927. The number of pyridine rings is 1. The van der Waals surface area contributed by atoms with Crippen LogP contribution in [-0.4, -0.2) is 23.3 Å². The number of aryl methyl sites for hydroxylation is 2. The van der Waals surface area contributed by atoms with Crippen molar-refractivity contribution in [3.63, 3.8) is 0 Å². The molecule has 0 saturated heterocycles. The average Bonchev–Trinajstić information content (AvgIpc) is 3.03. The highest BCUT2D eigenvalue weighted by Gasteiger charge is 2.17. The lowest BCUT2D eigenvalue weighted by molar-refractivity contribution is 0.0976. The maximum atomic E-state index is 12.2. The molecule has 3 rings (SSSR count). The van der Waals surface area contributed by atoms with Crippen LogP contribution in [0.25, 0.3) is 5.70 Å². The number of nitrogens with zero attached hydrogens (tertiary/aromatic N) is 2. The van der Waals surface area contributed by atoms with E-state index in [1.165, 1.54) is 0 Å². The molecule has 0 unspecified atom stereocenters. The number of rotatable bonds is 4. The molecule has 0 fully saturated rings. The summed E-state index contributed by atoms with van der Waals surface area (Å²) in [4.78, 5) is 20.8. The van der Waals surface area contributed by atoms with Crippen molar-refractivity contribution in [2.75, 3.05) is 6.61 Å². The fourth-order valence-corrected chi connectivity index (χ4v) is 2.95. The third-order valence-corrected chi connectivity index (χ3v) is 4.02. The number of aliphatic imine (C=N–C) groups is 1. The van der Waals surface area contributed by atoms with Crippen LogP contribution < -0.4 is 10.1 Å². The number of carbonyl (C=O) groups excluding carboxylic acids is 1. The van der Waals surface area contributed by atoms with Crippen LogP contribution in [0.2, 0.25) is 0 Å². The Bertz CT molecular complexity index is 831. The van der Waals surface area contributed by atoms with Gasteiger partial charge >= 0.3 is 0 Å². The molecule has 1 aromatic carbocycles. The van der Waals surface area contributed by atoms with Gasteiger partial charge < -0.3 is 10.1 Å². The molecule has 0 atom stereocenters. The van der Waals surface area contributed by atoms with Crippen molar-refractivity contribution in [2.45, 2.75) is 27.2 Å². The molecule has 5 heteroatoms. The molecular weight excluding hydrogens is 314 g/mol. The predicted octanol–water partition coefficient (Wildman–Crippen LogP) is 3.67. The van der Waals surface area contributed by atoms with Crippen LogP contribution in [0.4, 0.5) is 0 Å². The highest BCUT2D eigenvalue weighted by atomic mass is 16.5. The van der Waals surface area contributed by atoms with Crippen molar-refractivity contribution in [2.24, 2.45) is 4.99 Å². The molecule has 128 valence electrons. The first-order chi connectivity index (χ1) is 12.1. The molecule has 25 heavy (non-hydrogen) atoms. The third kappa shape index (κ3) is 3.76. The second kappa shape index (κ2) is 7.30. The number of hydrogen-bond acceptors (Lipinski definition) is 4. The van der Waals surface area contributed by atoms with Gasteiger partial charge in [-0.1, -0.05) is 6.08 Å². The van der Waals surface area contributed by atoms with Crippen LogP contribution in [0.5, 0.6) is 5.75 Å². The molecule has 0 bridgehead atoms. The lowest BCUT2D eigenvalue weighted by atomic mass is 9.99. The van der Waals surface area contributed by atoms with E-state index in [2.05, 4.69) is 29.1 Å². The van der Waals surface area contributed by atoms with Crippen molar-refractivity contribution in [1.29, 1.82) is 0 Å². The Hall–Kier alpha value is -2.95. The van der Waals surface area contributed by atoms with E-state index in [0.29, 0.717) is 24.4 Å². The van der Waals surface area contributed by atoms with E-state index in [-0.39, 0.29) is 5.91 Å². The largest absolute Gasteiger partial charge is 0.494 e. The number of ether oxygens (including phenoxy) is 1. The van der Waals surface area contributed by atoms with E-state index in [0.717, 1.165) is 28.1 Å². The molecule has 0 radical (unpaired) electrons. The SMILES string of the molecule is CCOc1cc(C)c(C2=CCC(NC(=O)c3ccncc3)=N2)c(C)c1. The highest BCUT2D eigenvalue weighted by Crippen LogP contribution is 2.31. The van der Waals surface area contributed by atoms with Gasteiger partial charge in [-0.2, -0.15) is 0 Å². The molecule has 0 aliphatic carbocycles. The molecular formula is C20H21N3O2. The lowest BCUT2D eigenvalue weighted by Gasteiger charge is -2.12. The second-order valence-corrected chi connectivity index (χ2v) is 5.91. The smallest absolute Gasteiger partial charge is 0.256 e. The number of benzene rings is 1. The number of hydrogen-bond donors (Lipinski definition) is 1. The topological polar surface area (TPSA) is 63.6 Å². The Morgan fingerprint density at radius 1 is 1.20 bits per heavy atom. The number of amidine groups is 1. The fourth-order valence-electron chi connectivity index (χ4n) is 2.95. The Kier molecular flexibility index (Phi) is 4.93. The third-order valence-electron chi connectivity index (χ3n) is 4.02. The monoisotopic (exact) mass is 335 g/mol. The summed E-state index contributed by atoms with van der Waals surface area (Å²) in [6.45, 7) is 6.72. The summed E-state index contributed by atoms with van der Waals surface area (Å²) in [6.07, 6.45) is 5.85. The summed E-state index contributed by atoms with van der Waals surface area (Å²) in [6, 6.07) is 7.41. The average molecular weight is 335 g/mol. The van der Waals surface area contributed by atoms with Gasteiger partial charge in [0.2, 0.25) is 0 Å². The van der Waals surface area contributed by atoms with Gasteiger partial charge in [-0.05, 0) is 56.2 Å². The minimum atomic E-state index is -0.170. The van der Waals surface area contributed by atoms with E-state index in [1.54, 1.807) is 24.5 Å². The number of aromatic nitrogens is 1. The fraction of sp³-hybridized carbons (Fsp3) is 0.250. The number of amides is 1. The summed E-state index contributed by atoms with van der Waals surface area (Å²) in [5, 5.41) is 2.87. The van der Waals surface area contributed by atoms with Crippen LogP contribution in [0.15, 0.2) is 47.7 Å². The predicted molar refractivity (Wildman–Crippen MR) is 98.8 cm³/mol. The molecule has 0 spiro atoms. The van der Waals surface area contributed by atoms with E-state index >= 15 is 0 Å². The van der Waals surface area contributed by atoms with Gasteiger partial charge in [-0.15, -0.1) is 0 Å². The Morgan fingerprint density at radius 2 is 1.88 bits per heavy atom. The molecule has 1 aliphatic rings. The molecule has 1 aromatic heterocycles. The van der Waals surface area contributed by atoms with Gasteiger partial charge in [0.05, 0.1) is 12.3 Å². The van der Waals surface area contributed by atoms with Crippen LogP contribution >= 0.6 is 0 Å². The highest BCUT2D eigenvalue weighted by molar-refractivity contribution is 6.09. The maximum absolute atomic E-state index is 12.2. The minimum absolute atomic E-state index is 0.170. The first kappa shape index (κ1) is 16.9. The van der Waals surface area contributed by atoms with Crippen molar-refractivity contribution >= 4 is 17.4 Å². The summed E-state index contributed by atoms with van der Waals surface area (Å²) in [5.41, 5.74) is 4.78. The molecule has 0 saturated carbocycles.